The third-order valence-electron chi connectivity index (χ3n) is 1.75. The van der Waals surface area contributed by atoms with Gasteiger partial charge in [-0.25, -0.2) is 4.98 Å². The molecule has 0 saturated heterocycles. The van der Waals surface area contributed by atoms with Gasteiger partial charge in [0.1, 0.15) is 11.9 Å². The molecular formula is C10H11N3O2. The zero-order valence-corrected chi connectivity index (χ0v) is 8.57. The average Bonchev–Trinajstić information content (AvgIpc) is 2.20. The topological polar surface area (TPSA) is 68.1 Å². The van der Waals surface area contributed by atoms with Gasteiger partial charge in [-0.15, -0.1) is 0 Å². The molecule has 0 bridgehead atoms. The van der Waals surface area contributed by atoms with Crippen LogP contribution in [-0.4, -0.2) is 23.5 Å². The molecule has 0 spiro atoms. The fraction of sp³-hybridized carbons (Fsp3) is 0.300. The van der Waals surface area contributed by atoms with Crippen LogP contribution in [0.25, 0.3) is 0 Å². The van der Waals surface area contributed by atoms with Gasteiger partial charge in [0.25, 0.3) is 5.69 Å². The highest BCUT2D eigenvalue weighted by atomic mass is 16.6. The summed E-state index contributed by atoms with van der Waals surface area (Å²) in [5, 5.41) is 13.3. The third kappa shape index (κ3) is 3.04. The smallest absolute Gasteiger partial charge is 0.287 e. The van der Waals surface area contributed by atoms with Crippen molar-refractivity contribution in [3.8, 4) is 11.8 Å². The molecule has 0 aliphatic rings. The second-order valence-corrected chi connectivity index (χ2v) is 2.95. The highest BCUT2D eigenvalue weighted by molar-refractivity contribution is 5.41. The molecule has 1 rings (SSSR count). The Bertz CT molecular complexity index is 432. The van der Waals surface area contributed by atoms with Crippen LogP contribution in [-0.2, 0) is 0 Å². The molecule has 0 radical (unpaired) electrons. The Morgan fingerprint density at radius 3 is 2.93 bits per heavy atom. The largest absolute Gasteiger partial charge is 0.309 e. The normalized spacial score (nSPS) is 9.20. The predicted octanol–water partition coefficient (Wildman–Crippen LogP) is 0.869. The van der Waals surface area contributed by atoms with Crippen LogP contribution in [0.15, 0.2) is 12.3 Å². The Balaban J connectivity index is 2.95. The highest BCUT2D eigenvalue weighted by Gasteiger charge is 2.07. The van der Waals surface area contributed by atoms with Crippen LogP contribution in [0, 0.1) is 28.9 Å². The van der Waals surface area contributed by atoms with Gasteiger partial charge in [-0.1, -0.05) is 5.92 Å². The van der Waals surface area contributed by atoms with Crippen molar-refractivity contribution in [3.05, 3.63) is 33.6 Å². The Morgan fingerprint density at radius 2 is 2.40 bits per heavy atom. The Labute approximate surface area is 87.7 Å². The van der Waals surface area contributed by atoms with Gasteiger partial charge in [0, 0.05) is 6.07 Å². The average molecular weight is 205 g/mol. The van der Waals surface area contributed by atoms with Crippen molar-refractivity contribution in [1.29, 1.82) is 0 Å². The zero-order valence-electron chi connectivity index (χ0n) is 8.57. The summed E-state index contributed by atoms with van der Waals surface area (Å²) in [7, 11) is 1.80. The second-order valence-electron chi connectivity index (χ2n) is 2.95. The minimum atomic E-state index is -0.467. The van der Waals surface area contributed by atoms with Crippen molar-refractivity contribution in [1.82, 2.24) is 10.3 Å². The van der Waals surface area contributed by atoms with Gasteiger partial charge >= 0.3 is 0 Å². The molecule has 1 aromatic heterocycles. The standard InChI is InChI=1S/C10H11N3O2/c1-8-6-9(13(14)15)7-12-10(8)4-3-5-11-2/h6-7,11H,5H2,1-2H3. The lowest BCUT2D eigenvalue weighted by Gasteiger charge is -1.96. The van der Waals surface area contributed by atoms with Crippen molar-refractivity contribution >= 4 is 5.69 Å². The van der Waals surface area contributed by atoms with E-state index in [0.29, 0.717) is 17.8 Å². The first kappa shape index (κ1) is 11.1. The van der Waals surface area contributed by atoms with Gasteiger partial charge in [0.2, 0.25) is 0 Å². The van der Waals surface area contributed by atoms with E-state index in [1.165, 1.54) is 12.3 Å². The monoisotopic (exact) mass is 205 g/mol. The molecule has 0 fully saturated rings. The van der Waals surface area contributed by atoms with E-state index in [1.807, 2.05) is 0 Å². The highest BCUT2D eigenvalue weighted by Crippen LogP contribution is 2.13. The van der Waals surface area contributed by atoms with Gasteiger partial charge in [-0.2, -0.15) is 0 Å². The fourth-order valence-electron chi connectivity index (χ4n) is 1.01. The number of aromatic nitrogens is 1. The van der Waals surface area contributed by atoms with Crippen LogP contribution >= 0.6 is 0 Å². The first-order valence-corrected chi connectivity index (χ1v) is 4.39. The number of hydrogen-bond acceptors (Lipinski definition) is 4. The van der Waals surface area contributed by atoms with Crippen LogP contribution in [0.3, 0.4) is 0 Å². The van der Waals surface area contributed by atoms with E-state index in [4.69, 9.17) is 0 Å². The molecule has 0 aromatic carbocycles. The summed E-state index contributed by atoms with van der Waals surface area (Å²) < 4.78 is 0. The number of nitrogens with one attached hydrogen (secondary N) is 1. The van der Waals surface area contributed by atoms with E-state index in [-0.39, 0.29) is 5.69 Å². The summed E-state index contributed by atoms with van der Waals surface area (Å²) in [6, 6.07) is 1.47. The van der Waals surface area contributed by atoms with Crippen LogP contribution < -0.4 is 5.32 Å². The maximum absolute atomic E-state index is 10.4. The number of nitro groups is 1. The zero-order chi connectivity index (χ0) is 11.3. The van der Waals surface area contributed by atoms with Crippen LogP contribution in [0.4, 0.5) is 5.69 Å². The lowest BCUT2D eigenvalue weighted by molar-refractivity contribution is -0.385. The summed E-state index contributed by atoms with van der Waals surface area (Å²) in [4.78, 5) is 13.9. The summed E-state index contributed by atoms with van der Waals surface area (Å²) in [6.07, 6.45) is 1.22. The summed E-state index contributed by atoms with van der Waals surface area (Å²) in [6.45, 7) is 2.32. The lowest BCUT2D eigenvalue weighted by Crippen LogP contribution is -2.04. The number of aryl methyl sites for hydroxylation is 1. The lowest BCUT2D eigenvalue weighted by atomic mass is 10.2. The van der Waals surface area contributed by atoms with Crippen molar-refractivity contribution < 1.29 is 4.92 Å². The summed E-state index contributed by atoms with van der Waals surface area (Å²) >= 11 is 0. The summed E-state index contributed by atoms with van der Waals surface area (Å²) in [5.74, 6) is 5.68. The summed E-state index contributed by atoms with van der Waals surface area (Å²) in [5.41, 5.74) is 1.29. The Morgan fingerprint density at radius 1 is 1.67 bits per heavy atom. The number of nitrogens with zero attached hydrogens (tertiary/aromatic N) is 2. The maximum atomic E-state index is 10.4. The van der Waals surface area contributed by atoms with Crippen LogP contribution in [0.1, 0.15) is 11.3 Å². The molecule has 1 aromatic rings. The Hall–Kier alpha value is -1.93. The van der Waals surface area contributed by atoms with Crippen molar-refractivity contribution in [2.45, 2.75) is 6.92 Å². The predicted molar refractivity (Wildman–Crippen MR) is 56.4 cm³/mol. The fourth-order valence-corrected chi connectivity index (χ4v) is 1.01. The molecular weight excluding hydrogens is 194 g/mol. The molecule has 0 aliphatic heterocycles. The number of rotatable bonds is 2. The molecule has 1 N–H and O–H groups in total. The van der Waals surface area contributed by atoms with Crippen LogP contribution in [0.5, 0.6) is 0 Å². The Kier molecular flexibility index (Phi) is 3.77. The minimum Gasteiger partial charge on any atom is -0.309 e. The molecule has 0 unspecified atom stereocenters. The maximum Gasteiger partial charge on any atom is 0.287 e. The van der Waals surface area contributed by atoms with E-state index < -0.39 is 4.92 Å². The first-order chi connectivity index (χ1) is 7.15. The molecule has 0 amide bonds. The van der Waals surface area contributed by atoms with Crippen molar-refractivity contribution in [2.24, 2.45) is 0 Å². The third-order valence-corrected chi connectivity index (χ3v) is 1.75. The van der Waals surface area contributed by atoms with Gasteiger partial charge in [-0.3, -0.25) is 10.1 Å². The molecule has 78 valence electrons. The quantitative estimate of drug-likeness (QED) is 0.442. The molecule has 5 heteroatoms. The molecule has 0 aliphatic carbocycles. The molecule has 1 heterocycles. The molecule has 0 atom stereocenters. The second kappa shape index (κ2) is 5.08. The number of hydrogen-bond donors (Lipinski definition) is 1. The van der Waals surface area contributed by atoms with Gasteiger partial charge < -0.3 is 5.32 Å². The first-order valence-electron chi connectivity index (χ1n) is 4.39. The van der Waals surface area contributed by atoms with E-state index in [1.54, 1.807) is 14.0 Å². The van der Waals surface area contributed by atoms with Crippen molar-refractivity contribution in [2.75, 3.05) is 13.6 Å². The molecule has 15 heavy (non-hydrogen) atoms. The van der Waals surface area contributed by atoms with Gasteiger partial charge in [0.15, 0.2) is 0 Å². The molecule has 5 nitrogen and oxygen atoms in total. The van der Waals surface area contributed by atoms with Crippen LogP contribution in [0.2, 0.25) is 0 Å². The number of pyridine rings is 1. The van der Waals surface area contributed by atoms with Gasteiger partial charge in [-0.05, 0) is 25.5 Å². The van der Waals surface area contributed by atoms with E-state index in [0.717, 1.165) is 0 Å². The van der Waals surface area contributed by atoms with E-state index in [9.17, 15) is 10.1 Å². The SMILES string of the molecule is CNCC#Cc1ncc([N+](=O)[O-])cc1C. The van der Waals surface area contributed by atoms with Crippen molar-refractivity contribution in [3.63, 3.8) is 0 Å². The van der Waals surface area contributed by atoms with Gasteiger partial charge in [0.05, 0.1) is 11.5 Å². The van der Waals surface area contributed by atoms with E-state index in [2.05, 4.69) is 22.1 Å². The molecule has 0 saturated carbocycles. The minimum absolute atomic E-state index is 0.00772. The van der Waals surface area contributed by atoms with E-state index >= 15 is 0 Å².